The Labute approximate surface area is 88.5 Å². The van der Waals surface area contributed by atoms with Crippen LogP contribution in [0.4, 0.5) is 0 Å². The van der Waals surface area contributed by atoms with E-state index in [9.17, 15) is 0 Å². The molecular weight excluding hydrogens is 275 g/mol. The van der Waals surface area contributed by atoms with Crippen LogP contribution in [0.1, 0.15) is 0 Å². The van der Waals surface area contributed by atoms with Gasteiger partial charge in [0.1, 0.15) is 11.8 Å². The van der Waals surface area contributed by atoms with Gasteiger partial charge in [-0.3, -0.25) is 0 Å². The summed E-state index contributed by atoms with van der Waals surface area (Å²) in [4.78, 5) is 3.91. The minimum atomic E-state index is 0.444. The van der Waals surface area contributed by atoms with Crippen LogP contribution in [0, 0.1) is 6.07 Å². The zero-order chi connectivity index (χ0) is 9.40. The third kappa shape index (κ3) is 4.02. The Morgan fingerprint density at radius 3 is 2.58 bits per heavy atom. The summed E-state index contributed by atoms with van der Waals surface area (Å²) in [5, 5.41) is 0. The van der Waals surface area contributed by atoms with Crippen LogP contribution in [0.25, 0.3) is 0 Å². The van der Waals surface area contributed by atoms with Crippen LogP contribution in [-0.4, -0.2) is 19.2 Å². The van der Waals surface area contributed by atoms with E-state index in [4.69, 9.17) is 9.47 Å². The molecule has 1 heterocycles. The molecule has 1 aromatic rings. The van der Waals surface area contributed by atoms with E-state index in [0.29, 0.717) is 11.8 Å². The molecule has 0 N–H and O–H groups in total. The van der Waals surface area contributed by atoms with Crippen molar-refractivity contribution in [1.82, 2.24) is 4.98 Å². The van der Waals surface area contributed by atoms with Gasteiger partial charge in [-0.2, -0.15) is 6.07 Å². The van der Waals surface area contributed by atoms with Crippen LogP contribution in [0.15, 0.2) is 12.1 Å². The fraction of sp³-hybridized carbons (Fsp3) is 0.286. The zero-order valence-corrected chi connectivity index (χ0v) is 11.6. The van der Waals surface area contributed by atoms with Gasteiger partial charge in [-0.15, -0.1) is 6.07 Å². The monoisotopic (exact) mass is 281 g/mol. The third-order valence-electron chi connectivity index (χ3n) is 1.05. The number of nitrogens with zero attached hydrogens (tertiary/aromatic N) is 1. The summed E-state index contributed by atoms with van der Waals surface area (Å²) in [5.74, 6) is 0.981. The third-order valence-corrected chi connectivity index (χ3v) is 1.05. The van der Waals surface area contributed by atoms with Gasteiger partial charge >= 0.3 is 30.0 Å². The first-order valence-corrected chi connectivity index (χ1v) is 10.0. The first-order valence-electron chi connectivity index (χ1n) is 3.10. The standard InChI is InChI=1S/C7H8NO2.BrH.Zn/c1-9-6-4-3-5-7(8-6)10-2;;/h3-4H,1-2H3;1H;/q-1;;+2/p-1. The molecule has 0 amide bonds. The van der Waals surface area contributed by atoms with E-state index in [1.54, 1.807) is 19.2 Å². The van der Waals surface area contributed by atoms with Crippen molar-refractivity contribution in [1.29, 1.82) is 0 Å². The minimum absolute atomic E-state index is 0.444. The average Bonchev–Trinajstić information content (AvgIpc) is 2.21. The van der Waals surface area contributed by atoms with Gasteiger partial charge in [0.25, 0.3) is 0 Å². The Morgan fingerprint density at radius 2 is 2.08 bits per heavy atom. The molecule has 0 fully saturated rings. The van der Waals surface area contributed by atoms with Crippen LogP contribution < -0.4 is 9.47 Å². The van der Waals surface area contributed by atoms with Gasteiger partial charge in [0.05, 0.1) is 14.2 Å². The van der Waals surface area contributed by atoms with E-state index >= 15 is 0 Å². The molecule has 0 saturated heterocycles. The molecule has 5 heteroatoms. The molecular formula is C7H8BrNO2Zn. The van der Waals surface area contributed by atoms with E-state index in [-0.39, 0.29) is 0 Å². The fourth-order valence-electron chi connectivity index (χ4n) is 0.572. The van der Waals surface area contributed by atoms with Gasteiger partial charge in [-0.25, -0.2) is 11.1 Å². The topological polar surface area (TPSA) is 31.4 Å². The van der Waals surface area contributed by atoms with Crippen molar-refractivity contribution >= 4 is 13.6 Å². The molecule has 3 nitrogen and oxygen atoms in total. The maximum atomic E-state index is 4.85. The van der Waals surface area contributed by atoms with Gasteiger partial charge in [-0.1, -0.05) is 0 Å². The van der Waals surface area contributed by atoms with Gasteiger partial charge in [0, 0.05) is 0 Å². The number of ether oxygens (including phenoxy) is 2. The number of hydrogen-bond donors (Lipinski definition) is 0. The van der Waals surface area contributed by atoms with E-state index in [2.05, 4.69) is 24.7 Å². The van der Waals surface area contributed by atoms with Crippen molar-refractivity contribution in [3.63, 3.8) is 0 Å². The van der Waals surface area contributed by atoms with E-state index in [0.717, 1.165) is 0 Å². The zero-order valence-electron chi connectivity index (χ0n) is 7.00. The molecule has 0 spiro atoms. The summed E-state index contributed by atoms with van der Waals surface area (Å²) in [6.07, 6.45) is 0. The number of aromatic nitrogens is 1. The van der Waals surface area contributed by atoms with E-state index in [1.165, 1.54) is 23.5 Å². The molecule has 0 atom stereocenters. The predicted octanol–water partition coefficient (Wildman–Crippen LogP) is 1.74. The molecule has 1 aromatic heterocycles. The Morgan fingerprint density at radius 1 is 1.42 bits per heavy atom. The molecule has 0 saturated carbocycles. The molecule has 0 unspecified atom stereocenters. The molecule has 0 bridgehead atoms. The van der Waals surface area contributed by atoms with Crippen LogP contribution in [0.2, 0.25) is 0 Å². The second-order valence-corrected chi connectivity index (χ2v) is 1.64. The average molecular weight is 283 g/mol. The number of hydrogen-bond acceptors (Lipinski definition) is 3. The Kier molecular flexibility index (Phi) is 7.41. The van der Waals surface area contributed by atoms with Crippen molar-refractivity contribution in [3.05, 3.63) is 18.2 Å². The molecule has 1 rings (SSSR count). The van der Waals surface area contributed by atoms with Crippen LogP contribution in [0.3, 0.4) is 0 Å². The molecule has 12 heavy (non-hydrogen) atoms. The van der Waals surface area contributed by atoms with Gasteiger partial charge in [-0.05, 0) is 0 Å². The van der Waals surface area contributed by atoms with E-state index < -0.39 is 0 Å². The van der Waals surface area contributed by atoms with Crippen molar-refractivity contribution < 1.29 is 25.8 Å². The van der Waals surface area contributed by atoms with Gasteiger partial charge < -0.3 is 9.47 Å². The summed E-state index contributed by atoms with van der Waals surface area (Å²) in [6, 6.07) is 6.19. The molecule has 0 aliphatic rings. The SMILES string of the molecule is COc1[c-]ccc(OC)n1.[Zn+][Br]. The summed E-state index contributed by atoms with van der Waals surface area (Å²) >= 11 is 4.25. The van der Waals surface area contributed by atoms with Crippen molar-refractivity contribution in [2.24, 2.45) is 0 Å². The first-order chi connectivity index (χ1) is 5.86. The summed E-state index contributed by atoms with van der Waals surface area (Å²) in [7, 11) is 3.10. The number of halogens is 1. The molecule has 0 aliphatic heterocycles. The van der Waals surface area contributed by atoms with E-state index in [1.807, 2.05) is 0 Å². The summed E-state index contributed by atoms with van der Waals surface area (Å²) < 4.78 is 9.66. The van der Waals surface area contributed by atoms with Crippen molar-refractivity contribution in [2.75, 3.05) is 14.2 Å². The number of methoxy groups -OCH3 is 2. The molecule has 62 valence electrons. The summed E-state index contributed by atoms with van der Waals surface area (Å²) in [5.41, 5.74) is 0. The second-order valence-electron chi connectivity index (χ2n) is 1.64. The quantitative estimate of drug-likeness (QED) is 0.612. The number of rotatable bonds is 2. The summed E-state index contributed by atoms with van der Waals surface area (Å²) in [6.45, 7) is 0. The first kappa shape index (κ1) is 11.9. The van der Waals surface area contributed by atoms with Crippen LogP contribution >= 0.6 is 13.6 Å². The second kappa shape index (κ2) is 7.50. The fourth-order valence-corrected chi connectivity index (χ4v) is 0.572. The number of pyridine rings is 1. The molecule has 0 radical (unpaired) electrons. The predicted molar refractivity (Wildman–Crippen MR) is 45.1 cm³/mol. The Balaban J connectivity index is 0.000000561. The van der Waals surface area contributed by atoms with Gasteiger partial charge in [0.15, 0.2) is 0 Å². The molecule has 0 aromatic carbocycles. The Hall–Kier alpha value is -0.147. The van der Waals surface area contributed by atoms with Crippen LogP contribution in [-0.2, 0) is 16.3 Å². The Bertz CT molecular complexity index is 203. The van der Waals surface area contributed by atoms with Crippen molar-refractivity contribution in [3.8, 4) is 11.8 Å². The normalized spacial score (nSPS) is 8.08. The van der Waals surface area contributed by atoms with Crippen LogP contribution in [0.5, 0.6) is 11.8 Å². The van der Waals surface area contributed by atoms with Crippen molar-refractivity contribution in [2.45, 2.75) is 0 Å². The maximum absolute atomic E-state index is 4.85. The van der Waals surface area contributed by atoms with Gasteiger partial charge in [0.2, 0.25) is 0 Å². The molecule has 0 aliphatic carbocycles.